The summed E-state index contributed by atoms with van der Waals surface area (Å²) in [5.74, 6) is 0.822. The Morgan fingerprint density at radius 2 is 1.94 bits per heavy atom. The maximum atomic E-state index is 5.90. The summed E-state index contributed by atoms with van der Waals surface area (Å²) >= 11 is 5.90. The molecule has 0 radical (unpaired) electrons. The smallest absolute Gasteiger partial charge is 0.184 e. The van der Waals surface area contributed by atoms with Gasteiger partial charge < -0.3 is 15.0 Å². The average molecular weight is 447 g/mol. The molecular formula is C24H26N6OS. The molecule has 0 bridgehead atoms. The Bertz CT molecular complexity index is 1260. The number of pyridine rings is 1. The average Bonchev–Trinajstić information content (AvgIpc) is 3.50. The molecule has 2 heterocycles. The van der Waals surface area contributed by atoms with E-state index in [-0.39, 0.29) is 0 Å². The van der Waals surface area contributed by atoms with Gasteiger partial charge in [-0.05, 0) is 84.9 Å². The van der Waals surface area contributed by atoms with Crippen molar-refractivity contribution in [3.05, 3.63) is 59.7 Å². The minimum Gasteiger partial charge on any atom is -0.497 e. The third-order valence-corrected chi connectivity index (χ3v) is 6.54. The lowest BCUT2D eigenvalue weighted by Crippen LogP contribution is -2.41. The second-order valence-electron chi connectivity index (χ2n) is 8.37. The van der Waals surface area contributed by atoms with Gasteiger partial charge in [0.05, 0.1) is 12.6 Å². The highest BCUT2D eigenvalue weighted by Gasteiger charge is 2.26. The minimum absolute atomic E-state index is 0.400. The number of aromatic nitrogens is 4. The molecule has 8 heteroatoms. The number of fused-ring (bicyclic) bond motifs is 3. The monoisotopic (exact) mass is 446 g/mol. The van der Waals surface area contributed by atoms with Crippen molar-refractivity contribution in [1.82, 2.24) is 24.9 Å². The fourth-order valence-electron chi connectivity index (χ4n) is 4.54. The molecule has 2 aromatic carbocycles. The zero-order valence-electron chi connectivity index (χ0n) is 18.3. The molecular weight excluding hydrogens is 420 g/mol. The van der Waals surface area contributed by atoms with Crippen LogP contribution in [0.15, 0.2) is 48.5 Å². The lowest BCUT2D eigenvalue weighted by molar-refractivity contribution is 0.313. The lowest BCUT2D eigenvalue weighted by Gasteiger charge is -2.32. The molecule has 1 saturated carbocycles. The highest BCUT2D eigenvalue weighted by molar-refractivity contribution is 7.80. The van der Waals surface area contributed by atoms with Crippen LogP contribution in [0.5, 0.6) is 5.75 Å². The first-order valence-electron chi connectivity index (χ1n) is 10.9. The van der Waals surface area contributed by atoms with Gasteiger partial charge in [0.2, 0.25) is 0 Å². The fraction of sp³-hybridized carbons (Fsp3) is 0.333. The van der Waals surface area contributed by atoms with Crippen molar-refractivity contribution in [2.75, 3.05) is 12.4 Å². The van der Waals surface area contributed by atoms with Gasteiger partial charge in [-0.3, -0.25) is 0 Å². The summed E-state index contributed by atoms with van der Waals surface area (Å²) in [4.78, 5) is 2.30. The van der Waals surface area contributed by atoms with Crippen LogP contribution in [0.4, 0.5) is 5.69 Å². The van der Waals surface area contributed by atoms with Gasteiger partial charge in [0.15, 0.2) is 10.8 Å². The summed E-state index contributed by atoms with van der Waals surface area (Å²) < 4.78 is 7.10. The number of aryl methyl sites for hydroxylation is 1. The largest absolute Gasteiger partial charge is 0.497 e. The van der Waals surface area contributed by atoms with Crippen molar-refractivity contribution in [3.63, 3.8) is 0 Å². The maximum absolute atomic E-state index is 5.90. The van der Waals surface area contributed by atoms with Gasteiger partial charge in [0.25, 0.3) is 0 Å². The first-order chi connectivity index (χ1) is 15.6. The van der Waals surface area contributed by atoms with E-state index < -0.39 is 0 Å². The van der Waals surface area contributed by atoms with E-state index in [2.05, 4.69) is 56.9 Å². The third-order valence-electron chi connectivity index (χ3n) is 6.21. The molecule has 4 aromatic rings. The van der Waals surface area contributed by atoms with Gasteiger partial charge in [-0.15, -0.1) is 5.10 Å². The number of nitrogens with one attached hydrogen (secondary N) is 1. The Kier molecular flexibility index (Phi) is 5.61. The fourth-order valence-corrected chi connectivity index (χ4v) is 4.87. The van der Waals surface area contributed by atoms with Gasteiger partial charge in [-0.1, -0.05) is 24.5 Å². The van der Waals surface area contributed by atoms with E-state index in [4.69, 9.17) is 17.0 Å². The first-order valence-corrected chi connectivity index (χ1v) is 11.4. The molecule has 0 aliphatic heterocycles. The van der Waals surface area contributed by atoms with Crippen LogP contribution < -0.4 is 10.1 Å². The van der Waals surface area contributed by atoms with Crippen molar-refractivity contribution in [3.8, 4) is 5.75 Å². The summed E-state index contributed by atoms with van der Waals surface area (Å²) in [5, 5.41) is 17.8. The van der Waals surface area contributed by atoms with E-state index in [0.29, 0.717) is 12.6 Å². The summed E-state index contributed by atoms with van der Waals surface area (Å²) in [5.41, 5.74) is 5.00. The van der Waals surface area contributed by atoms with Crippen LogP contribution in [0.3, 0.4) is 0 Å². The van der Waals surface area contributed by atoms with Crippen molar-refractivity contribution in [1.29, 1.82) is 0 Å². The van der Waals surface area contributed by atoms with Gasteiger partial charge in [-0.25, -0.2) is 0 Å². The molecule has 164 valence electrons. The molecule has 1 fully saturated rings. The van der Waals surface area contributed by atoms with Crippen molar-refractivity contribution in [2.45, 2.75) is 45.2 Å². The Hall–Kier alpha value is -3.26. The number of anilines is 1. The number of tetrazole rings is 1. The minimum atomic E-state index is 0.400. The van der Waals surface area contributed by atoms with Crippen LogP contribution in [-0.2, 0) is 6.54 Å². The molecule has 1 aliphatic rings. The van der Waals surface area contributed by atoms with Crippen LogP contribution >= 0.6 is 12.2 Å². The third kappa shape index (κ3) is 3.98. The number of hydrogen-bond acceptors (Lipinski definition) is 5. The Balaban J connectivity index is 1.49. The van der Waals surface area contributed by atoms with Crippen molar-refractivity contribution in [2.24, 2.45) is 0 Å². The molecule has 0 saturated heterocycles. The lowest BCUT2D eigenvalue weighted by atomic mass is 10.1. The zero-order chi connectivity index (χ0) is 22.1. The van der Waals surface area contributed by atoms with Gasteiger partial charge >= 0.3 is 0 Å². The second-order valence-corrected chi connectivity index (χ2v) is 8.76. The number of methoxy groups -OCH3 is 1. The van der Waals surface area contributed by atoms with E-state index in [0.717, 1.165) is 51.5 Å². The molecule has 1 N–H and O–H groups in total. The van der Waals surface area contributed by atoms with E-state index in [1.165, 1.54) is 18.4 Å². The predicted octanol–water partition coefficient (Wildman–Crippen LogP) is 4.74. The maximum Gasteiger partial charge on any atom is 0.184 e. The predicted molar refractivity (Wildman–Crippen MR) is 130 cm³/mol. The Labute approximate surface area is 192 Å². The van der Waals surface area contributed by atoms with Crippen LogP contribution in [0, 0.1) is 6.92 Å². The summed E-state index contributed by atoms with van der Waals surface area (Å²) in [6.07, 6.45) is 4.73. The highest BCUT2D eigenvalue weighted by Crippen LogP contribution is 2.28. The normalized spacial score (nSPS) is 14.2. The molecule has 32 heavy (non-hydrogen) atoms. The molecule has 1 aliphatic carbocycles. The van der Waals surface area contributed by atoms with Crippen LogP contribution in [-0.4, -0.2) is 43.2 Å². The summed E-state index contributed by atoms with van der Waals surface area (Å²) in [7, 11) is 1.67. The van der Waals surface area contributed by atoms with Crippen molar-refractivity contribution < 1.29 is 4.74 Å². The second kappa shape index (κ2) is 8.70. The van der Waals surface area contributed by atoms with Crippen molar-refractivity contribution >= 4 is 39.6 Å². The molecule has 2 aromatic heterocycles. The molecule has 0 spiro atoms. The number of thiocarbonyl (C=S) groups is 1. The zero-order valence-corrected chi connectivity index (χ0v) is 19.1. The number of ether oxygens (including phenoxy) is 1. The molecule has 0 amide bonds. The van der Waals surface area contributed by atoms with E-state index >= 15 is 0 Å². The highest BCUT2D eigenvalue weighted by atomic mass is 32.1. The summed E-state index contributed by atoms with van der Waals surface area (Å²) in [6.45, 7) is 2.75. The Morgan fingerprint density at radius 1 is 1.16 bits per heavy atom. The van der Waals surface area contributed by atoms with Gasteiger partial charge in [0.1, 0.15) is 5.75 Å². The molecule has 5 rings (SSSR count). The van der Waals surface area contributed by atoms with E-state index in [9.17, 15) is 0 Å². The first kappa shape index (κ1) is 20.6. The number of nitrogens with zero attached hydrogens (tertiary/aromatic N) is 5. The molecule has 7 nitrogen and oxygen atoms in total. The van der Waals surface area contributed by atoms with Crippen LogP contribution in [0.2, 0.25) is 0 Å². The van der Waals surface area contributed by atoms with Crippen LogP contribution in [0.25, 0.3) is 16.6 Å². The quantitative estimate of drug-likeness (QED) is 0.444. The number of hydrogen-bond donors (Lipinski definition) is 1. The van der Waals surface area contributed by atoms with Crippen LogP contribution in [0.1, 0.15) is 36.8 Å². The summed E-state index contributed by atoms with van der Waals surface area (Å²) in [6, 6.07) is 16.8. The number of benzene rings is 2. The SMILES string of the molecule is COc1ccc(NC(=S)N(Cc2cc3cc(C)ccc3n3nnnc23)C2CCCC2)cc1. The van der Waals surface area contributed by atoms with Gasteiger partial charge in [0, 0.05) is 29.2 Å². The van der Waals surface area contributed by atoms with Gasteiger partial charge in [-0.2, -0.15) is 4.52 Å². The standard InChI is InChI=1S/C24H26N6OS/c1-16-7-12-22-17(13-16)14-18(23-26-27-28-30(22)23)15-29(20-5-3-4-6-20)24(32)25-19-8-10-21(31-2)11-9-19/h7-14,20H,3-6,15H2,1-2H3,(H,25,32). The topological polar surface area (TPSA) is 67.6 Å². The van der Waals surface area contributed by atoms with E-state index in [1.807, 2.05) is 28.8 Å². The molecule has 0 unspecified atom stereocenters. The Morgan fingerprint density at radius 3 is 2.69 bits per heavy atom. The van der Waals surface area contributed by atoms with E-state index in [1.54, 1.807) is 7.11 Å². The molecule has 0 atom stereocenters. The number of rotatable bonds is 5.